The molecule has 0 radical (unpaired) electrons. The molecule has 0 saturated carbocycles. The Balaban J connectivity index is 1.88. The van der Waals surface area contributed by atoms with E-state index < -0.39 is 0 Å². The van der Waals surface area contributed by atoms with Crippen LogP contribution in [0, 0.1) is 0 Å². The first kappa shape index (κ1) is 13.3. The first-order chi connectivity index (χ1) is 8.68. The lowest BCUT2D eigenvalue weighted by Gasteiger charge is -2.29. The van der Waals surface area contributed by atoms with Crippen molar-refractivity contribution in [3.63, 3.8) is 0 Å². The van der Waals surface area contributed by atoms with Gasteiger partial charge in [-0.3, -0.25) is 9.59 Å². The van der Waals surface area contributed by atoms with Crippen LogP contribution in [0.2, 0.25) is 0 Å². The van der Waals surface area contributed by atoms with Crippen molar-refractivity contribution < 1.29 is 14.3 Å². The number of carbonyl (C=O) groups excluding carboxylic acids is 2. The molecule has 1 N–H and O–H groups in total. The Bertz CT molecular complexity index is 316. The SMILES string of the molecule is CC(=O)N1CCCN(C(=O)C2COCCN2)CC1. The van der Waals surface area contributed by atoms with E-state index in [1.165, 1.54) is 0 Å². The second-order valence-corrected chi connectivity index (χ2v) is 4.77. The molecule has 2 aliphatic heterocycles. The summed E-state index contributed by atoms with van der Waals surface area (Å²) in [6, 6.07) is -0.220. The predicted molar refractivity (Wildman–Crippen MR) is 66.1 cm³/mol. The van der Waals surface area contributed by atoms with Crippen LogP contribution in [-0.2, 0) is 14.3 Å². The van der Waals surface area contributed by atoms with E-state index in [1.807, 2.05) is 4.90 Å². The summed E-state index contributed by atoms with van der Waals surface area (Å²) < 4.78 is 5.31. The molecule has 2 amide bonds. The van der Waals surface area contributed by atoms with Crippen LogP contribution in [0.3, 0.4) is 0 Å². The largest absolute Gasteiger partial charge is 0.378 e. The van der Waals surface area contributed by atoms with E-state index in [2.05, 4.69) is 5.32 Å². The third-order valence-electron chi connectivity index (χ3n) is 3.47. The van der Waals surface area contributed by atoms with Crippen LogP contribution < -0.4 is 5.32 Å². The van der Waals surface area contributed by atoms with E-state index in [4.69, 9.17) is 4.74 Å². The van der Waals surface area contributed by atoms with Crippen molar-refractivity contribution in [3.05, 3.63) is 0 Å². The molecule has 0 aliphatic carbocycles. The Morgan fingerprint density at radius 3 is 2.56 bits per heavy atom. The highest BCUT2D eigenvalue weighted by Crippen LogP contribution is 2.07. The first-order valence-electron chi connectivity index (χ1n) is 6.54. The number of amides is 2. The molecule has 18 heavy (non-hydrogen) atoms. The molecule has 2 aliphatic rings. The van der Waals surface area contributed by atoms with Gasteiger partial charge in [-0.2, -0.15) is 0 Å². The average Bonchev–Trinajstić information content (AvgIpc) is 2.64. The maximum Gasteiger partial charge on any atom is 0.242 e. The summed E-state index contributed by atoms with van der Waals surface area (Å²) in [4.78, 5) is 27.2. The molecule has 1 atom stereocenters. The number of carbonyl (C=O) groups is 2. The highest BCUT2D eigenvalue weighted by atomic mass is 16.5. The molecule has 0 spiro atoms. The van der Waals surface area contributed by atoms with Gasteiger partial charge >= 0.3 is 0 Å². The van der Waals surface area contributed by atoms with Gasteiger partial charge in [0, 0.05) is 39.6 Å². The van der Waals surface area contributed by atoms with Crippen molar-refractivity contribution in [2.24, 2.45) is 0 Å². The molecule has 2 heterocycles. The molecule has 2 fully saturated rings. The van der Waals surface area contributed by atoms with E-state index >= 15 is 0 Å². The Morgan fingerprint density at radius 1 is 1.17 bits per heavy atom. The number of rotatable bonds is 1. The average molecular weight is 255 g/mol. The molecule has 1 unspecified atom stereocenters. The molecular weight excluding hydrogens is 234 g/mol. The monoisotopic (exact) mass is 255 g/mol. The second-order valence-electron chi connectivity index (χ2n) is 4.77. The van der Waals surface area contributed by atoms with Crippen LogP contribution in [-0.4, -0.2) is 73.6 Å². The van der Waals surface area contributed by atoms with Crippen LogP contribution in [0.5, 0.6) is 0 Å². The van der Waals surface area contributed by atoms with E-state index in [9.17, 15) is 9.59 Å². The molecule has 102 valence electrons. The predicted octanol–water partition coefficient (Wildman–Crippen LogP) is -0.944. The lowest BCUT2D eigenvalue weighted by molar-refractivity contribution is -0.137. The standard InChI is InChI=1S/C12H21N3O3/c1-10(16)14-4-2-5-15(7-6-14)12(17)11-9-18-8-3-13-11/h11,13H,2-9H2,1H3. The van der Waals surface area contributed by atoms with Crippen molar-refractivity contribution in [2.75, 3.05) is 45.9 Å². The number of morpholine rings is 1. The summed E-state index contributed by atoms with van der Waals surface area (Å²) >= 11 is 0. The topological polar surface area (TPSA) is 61.9 Å². The molecule has 6 heteroatoms. The molecule has 0 aromatic heterocycles. The van der Waals surface area contributed by atoms with E-state index in [-0.39, 0.29) is 17.9 Å². The number of hydrogen-bond donors (Lipinski definition) is 1. The third-order valence-corrected chi connectivity index (χ3v) is 3.47. The molecular formula is C12H21N3O3. The van der Waals surface area contributed by atoms with Gasteiger partial charge in [-0.05, 0) is 6.42 Å². The van der Waals surface area contributed by atoms with Crippen molar-refractivity contribution in [3.8, 4) is 0 Å². The lowest BCUT2D eigenvalue weighted by Crippen LogP contribution is -2.53. The summed E-state index contributed by atoms with van der Waals surface area (Å²) in [5, 5.41) is 3.17. The molecule has 6 nitrogen and oxygen atoms in total. The maximum absolute atomic E-state index is 12.3. The van der Waals surface area contributed by atoms with Gasteiger partial charge in [0.25, 0.3) is 0 Å². The van der Waals surface area contributed by atoms with Gasteiger partial charge in [0.15, 0.2) is 0 Å². The van der Waals surface area contributed by atoms with Gasteiger partial charge in [-0.1, -0.05) is 0 Å². The smallest absolute Gasteiger partial charge is 0.242 e. The maximum atomic E-state index is 12.3. The highest BCUT2D eigenvalue weighted by molar-refractivity contribution is 5.82. The van der Waals surface area contributed by atoms with Gasteiger partial charge in [-0.25, -0.2) is 0 Å². The van der Waals surface area contributed by atoms with Crippen LogP contribution in [0.1, 0.15) is 13.3 Å². The van der Waals surface area contributed by atoms with Crippen LogP contribution in [0.4, 0.5) is 0 Å². The normalized spacial score (nSPS) is 25.7. The Hall–Kier alpha value is -1.14. The Kier molecular flexibility index (Phi) is 4.54. The quantitative estimate of drug-likeness (QED) is 0.656. The molecule has 0 aromatic rings. The zero-order valence-corrected chi connectivity index (χ0v) is 10.9. The van der Waals surface area contributed by atoms with E-state index in [0.717, 1.165) is 26.1 Å². The van der Waals surface area contributed by atoms with Gasteiger partial charge < -0.3 is 19.9 Å². The third kappa shape index (κ3) is 3.20. The number of hydrogen-bond acceptors (Lipinski definition) is 4. The first-order valence-corrected chi connectivity index (χ1v) is 6.54. The van der Waals surface area contributed by atoms with Crippen molar-refractivity contribution in [1.82, 2.24) is 15.1 Å². The van der Waals surface area contributed by atoms with Crippen molar-refractivity contribution >= 4 is 11.8 Å². The van der Waals surface area contributed by atoms with Crippen LogP contribution in [0.15, 0.2) is 0 Å². The summed E-state index contributed by atoms with van der Waals surface area (Å²) in [5.41, 5.74) is 0. The van der Waals surface area contributed by atoms with Crippen LogP contribution in [0.25, 0.3) is 0 Å². The van der Waals surface area contributed by atoms with Crippen LogP contribution >= 0.6 is 0 Å². The minimum Gasteiger partial charge on any atom is -0.378 e. The summed E-state index contributed by atoms with van der Waals surface area (Å²) in [5.74, 6) is 0.184. The molecule has 0 bridgehead atoms. The van der Waals surface area contributed by atoms with E-state index in [0.29, 0.717) is 26.3 Å². The molecule has 2 saturated heterocycles. The van der Waals surface area contributed by atoms with Gasteiger partial charge in [0.2, 0.25) is 11.8 Å². The van der Waals surface area contributed by atoms with E-state index in [1.54, 1.807) is 11.8 Å². The molecule has 0 aromatic carbocycles. The second kappa shape index (κ2) is 6.15. The minimum atomic E-state index is -0.220. The van der Waals surface area contributed by atoms with Crippen molar-refractivity contribution in [2.45, 2.75) is 19.4 Å². The number of nitrogens with one attached hydrogen (secondary N) is 1. The fraction of sp³-hybridized carbons (Fsp3) is 0.833. The fourth-order valence-corrected chi connectivity index (χ4v) is 2.40. The fourth-order valence-electron chi connectivity index (χ4n) is 2.40. The highest BCUT2D eigenvalue weighted by Gasteiger charge is 2.27. The minimum absolute atomic E-state index is 0.0865. The Morgan fingerprint density at radius 2 is 1.89 bits per heavy atom. The zero-order chi connectivity index (χ0) is 13.0. The van der Waals surface area contributed by atoms with Gasteiger partial charge in [-0.15, -0.1) is 0 Å². The van der Waals surface area contributed by atoms with Gasteiger partial charge in [0.05, 0.1) is 13.2 Å². The number of nitrogens with zero attached hydrogens (tertiary/aromatic N) is 2. The number of ether oxygens (including phenoxy) is 1. The van der Waals surface area contributed by atoms with Crippen molar-refractivity contribution in [1.29, 1.82) is 0 Å². The summed E-state index contributed by atoms with van der Waals surface area (Å²) in [7, 11) is 0. The zero-order valence-electron chi connectivity index (χ0n) is 10.9. The summed E-state index contributed by atoms with van der Waals surface area (Å²) in [6.45, 7) is 6.14. The van der Waals surface area contributed by atoms with Gasteiger partial charge in [0.1, 0.15) is 6.04 Å². The molecule has 2 rings (SSSR count). The summed E-state index contributed by atoms with van der Waals surface area (Å²) in [6.07, 6.45) is 0.846. The Labute approximate surface area is 107 Å². The lowest BCUT2D eigenvalue weighted by atomic mass is 10.2.